The fourth-order valence-electron chi connectivity index (χ4n) is 3.59. The van der Waals surface area contributed by atoms with E-state index in [1.807, 2.05) is 66.7 Å². The maximum Gasteiger partial charge on any atom is 0.225 e. The van der Waals surface area contributed by atoms with Crippen molar-refractivity contribution in [3.63, 3.8) is 0 Å². The number of carbonyl (C=O) groups is 1. The van der Waals surface area contributed by atoms with Crippen LogP contribution >= 0.6 is 0 Å². The zero-order chi connectivity index (χ0) is 16.5. The lowest BCUT2D eigenvalue weighted by Gasteiger charge is -2.18. The number of fused-ring (bicyclic) bond motifs is 2. The summed E-state index contributed by atoms with van der Waals surface area (Å²) in [6, 6.07) is 21.7. The summed E-state index contributed by atoms with van der Waals surface area (Å²) in [4.78, 5) is 12.5. The van der Waals surface area contributed by atoms with Crippen molar-refractivity contribution in [2.24, 2.45) is 0 Å². The topological polar surface area (TPSA) is 49.3 Å². The molecule has 0 heterocycles. The molecule has 1 aliphatic carbocycles. The van der Waals surface area contributed by atoms with Crippen molar-refractivity contribution in [3.05, 3.63) is 83.4 Å². The number of hydrogen-bond acceptors (Lipinski definition) is 2. The molecule has 0 radical (unpaired) electrons. The maximum atomic E-state index is 12.5. The summed E-state index contributed by atoms with van der Waals surface area (Å²) in [5, 5.41) is 15.5. The van der Waals surface area contributed by atoms with Gasteiger partial charge in [0.1, 0.15) is 0 Å². The monoisotopic (exact) mass is 317 g/mol. The van der Waals surface area contributed by atoms with Crippen molar-refractivity contribution in [2.45, 2.75) is 25.0 Å². The normalized spacial score (nSPS) is 19.2. The Morgan fingerprint density at radius 2 is 1.75 bits per heavy atom. The first-order chi connectivity index (χ1) is 11.7. The van der Waals surface area contributed by atoms with Crippen LogP contribution < -0.4 is 5.32 Å². The van der Waals surface area contributed by atoms with Crippen molar-refractivity contribution in [2.75, 3.05) is 0 Å². The molecule has 2 atom stereocenters. The lowest BCUT2D eigenvalue weighted by Crippen LogP contribution is -2.34. The molecule has 24 heavy (non-hydrogen) atoms. The molecule has 0 aromatic heterocycles. The Labute approximate surface area is 140 Å². The molecule has 2 N–H and O–H groups in total. The van der Waals surface area contributed by atoms with Gasteiger partial charge in [0.25, 0.3) is 0 Å². The molecule has 1 aliphatic rings. The molecule has 0 bridgehead atoms. The average Bonchev–Trinajstić information content (AvgIpc) is 2.91. The second-order valence-electron chi connectivity index (χ2n) is 6.33. The summed E-state index contributed by atoms with van der Waals surface area (Å²) < 4.78 is 0. The molecule has 3 nitrogen and oxygen atoms in total. The van der Waals surface area contributed by atoms with Gasteiger partial charge in [0, 0.05) is 6.42 Å². The summed E-state index contributed by atoms with van der Waals surface area (Å²) in [5.74, 6) is -0.0629. The van der Waals surface area contributed by atoms with Crippen molar-refractivity contribution in [1.29, 1.82) is 0 Å². The summed E-state index contributed by atoms with van der Waals surface area (Å²) >= 11 is 0. The second-order valence-corrected chi connectivity index (χ2v) is 6.33. The number of hydrogen-bond donors (Lipinski definition) is 2. The standard InChI is InChI=1S/C21H19NO2/c23-19-12-15-7-2-4-11-18(15)21(19)22-20(24)13-16-9-5-8-14-6-1-3-10-17(14)16/h1-11,19,21,23H,12-13H2,(H,22,24). The molecule has 2 unspecified atom stereocenters. The molecule has 3 heteroatoms. The van der Waals surface area contributed by atoms with E-state index in [0.717, 1.165) is 27.5 Å². The summed E-state index contributed by atoms with van der Waals surface area (Å²) in [5.41, 5.74) is 3.14. The van der Waals surface area contributed by atoms with Gasteiger partial charge in [0.05, 0.1) is 18.6 Å². The van der Waals surface area contributed by atoms with E-state index in [4.69, 9.17) is 0 Å². The average molecular weight is 317 g/mol. The molecule has 0 saturated heterocycles. The molecule has 3 aromatic rings. The van der Waals surface area contributed by atoms with Gasteiger partial charge in [0.15, 0.2) is 0 Å². The van der Waals surface area contributed by atoms with Gasteiger partial charge in [-0.1, -0.05) is 66.7 Å². The largest absolute Gasteiger partial charge is 0.390 e. The van der Waals surface area contributed by atoms with Gasteiger partial charge in [0.2, 0.25) is 5.91 Å². The molecule has 0 saturated carbocycles. The third-order valence-corrected chi connectivity index (χ3v) is 4.75. The van der Waals surface area contributed by atoms with E-state index in [1.165, 1.54) is 0 Å². The number of aliphatic hydroxyl groups is 1. The highest BCUT2D eigenvalue weighted by atomic mass is 16.3. The van der Waals surface area contributed by atoms with Crippen LogP contribution in [0, 0.1) is 0 Å². The smallest absolute Gasteiger partial charge is 0.225 e. The Morgan fingerprint density at radius 3 is 2.67 bits per heavy atom. The highest BCUT2D eigenvalue weighted by Crippen LogP contribution is 2.31. The zero-order valence-corrected chi connectivity index (χ0v) is 13.3. The maximum absolute atomic E-state index is 12.5. The van der Waals surface area contributed by atoms with Crippen LogP contribution in [0.25, 0.3) is 10.8 Å². The fourth-order valence-corrected chi connectivity index (χ4v) is 3.59. The number of carbonyl (C=O) groups excluding carboxylic acids is 1. The fraction of sp³-hybridized carbons (Fsp3) is 0.190. The van der Waals surface area contributed by atoms with E-state index in [-0.39, 0.29) is 11.9 Å². The molecule has 120 valence electrons. The van der Waals surface area contributed by atoms with Crippen molar-refractivity contribution in [3.8, 4) is 0 Å². The van der Waals surface area contributed by atoms with Crippen LogP contribution in [0.2, 0.25) is 0 Å². The lowest BCUT2D eigenvalue weighted by atomic mass is 10.0. The molecule has 1 amide bonds. The number of amides is 1. The summed E-state index contributed by atoms with van der Waals surface area (Å²) in [7, 11) is 0. The molecule has 4 rings (SSSR count). The Morgan fingerprint density at radius 1 is 1.00 bits per heavy atom. The number of rotatable bonds is 3. The predicted molar refractivity (Wildman–Crippen MR) is 94.7 cm³/mol. The van der Waals surface area contributed by atoms with E-state index in [9.17, 15) is 9.90 Å². The molecule has 0 fully saturated rings. The highest BCUT2D eigenvalue weighted by molar-refractivity contribution is 5.90. The third kappa shape index (κ3) is 2.68. The van der Waals surface area contributed by atoms with Gasteiger partial charge in [-0.15, -0.1) is 0 Å². The van der Waals surface area contributed by atoms with E-state index in [2.05, 4.69) is 5.32 Å². The Bertz CT molecular complexity index is 898. The Kier molecular flexibility index (Phi) is 3.79. The summed E-state index contributed by atoms with van der Waals surface area (Å²) in [6.07, 6.45) is 0.348. The number of benzene rings is 3. The minimum atomic E-state index is -0.557. The third-order valence-electron chi connectivity index (χ3n) is 4.75. The first kappa shape index (κ1) is 14.9. The van der Waals surface area contributed by atoms with Gasteiger partial charge in [-0.05, 0) is 27.5 Å². The van der Waals surface area contributed by atoms with E-state index >= 15 is 0 Å². The van der Waals surface area contributed by atoms with Gasteiger partial charge < -0.3 is 10.4 Å². The minimum Gasteiger partial charge on any atom is -0.390 e. The highest BCUT2D eigenvalue weighted by Gasteiger charge is 2.31. The molecular formula is C21H19NO2. The van der Waals surface area contributed by atoms with Gasteiger partial charge in [-0.25, -0.2) is 0 Å². The zero-order valence-electron chi connectivity index (χ0n) is 13.3. The summed E-state index contributed by atoms with van der Waals surface area (Å²) in [6.45, 7) is 0. The lowest BCUT2D eigenvalue weighted by molar-refractivity contribution is -0.121. The van der Waals surface area contributed by atoms with Crippen LogP contribution in [0.4, 0.5) is 0 Å². The van der Waals surface area contributed by atoms with Crippen LogP contribution in [-0.4, -0.2) is 17.1 Å². The molecule has 0 aliphatic heterocycles. The quantitative estimate of drug-likeness (QED) is 0.779. The SMILES string of the molecule is O=C(Cc1cccc2ccccc12)NC1c2ccccc2CC1O. The van der Waals surface area contributed by atoms with E-state index < -0.39 is 6.10 Å². The first-order valence-electron chi connectivity index (χ1n) is 8.24. The predicted octanol–water partition coefficient (Wildman–Crippen LogP) is 3.16. The second kappa shape index (κ2) is 6.10. The number of nitrogens with one attached hydrogen (secondary N) is 1. The number of aliphatic hydroxyl groups excluding tert-OH is 1. The first-order valence-corrected chi connectivity index (χ1v) is 8.24. The van der Waals surface area contributed by atoms with Crippen LogP contribution in [0.1, 0.15) is 22.7 Å². The molecular weight excluding hydrogens is 298 g/mol. The van der Waals surface area contributed by atoms with Gasteiger partial charge >= 0.3 is 0 Å². The van der Waals surface area contributed by atoms with Crippen LogP contribution in [0.15, 0.2) is 66.7 Å². The van der Waals surface area contributed by atoms with Gasteiger partial charge in [-0.3, -0.25) is 4.79 Å². The van der Waals surface area contributed by atoms with Crippen LogP contribution in [0.3, 0.4) is 0 Å². The van der Waals surface area contributed by atoms with Crippen molar-refractivity contribution in [1.82, 2.24) is 5.32 Å². The van der Waals surface area contributed by atoms with Crippen LogP contribution in [0.5, 0.6) is 0 Å². The minimum absolute atomic E-state index is 0.0629. The van der Waals surface area contributed by atoms with Crippen molar-refractivity contribution < 1.29 is 9.90 Å². The van der Waals surface area contributed by atoms with Crippen LogP contribution in [-0.2, 0) is 17.6 Å². The Hall–Kier alpha value is -2.65. The molecule has 0 spiro atoms. The van der Waals surface area contributed by atoms with E-state index in [0.29, 0.717) is 12.8 Å². The molecule has 3 aromatic carbocycles. The van der Waals surface area contributed by atoms with Gasteiger partial charge in [-0.2, -0.15) is 0 Å². The van der Waals surface area contributed by atoms with Crippen molar-refractivity contribution >= 4 is 16.7 Å². The Balaban J connectivity index is 1.55. The van der Waals surface area contributed by atoms with E-state index in [1.54, 1.807) is 0 Å².